The first kappa shape index (κ1) is 10.5. The van der Waals surface area contributed by atoms with E-state index in [2.05, 4.69) is 10.3 Å². The Balaban J connectivity index is 2.08. The second-order valence-electron chi connectivity index (χ2n) is 3.54. The zero-order chi connectivity index (χ0) is 11.4. The van der Waals surface area contributed by atoms with Crippen molar-refractivity contribution in [2.24, 2.45) is 0 Å². The molecule has 0 saturated carbocycles. The van der Waals surface area contributed by atoms with E-state index in [0.29, 0.717) is 17.8 Å². The molecule has 0 saturated heterocycles. The third kappa shape index (κ3) is 2.54. The topological polar surface area (TPSA) is 50.9 Å². The van der Waals surface area contributed by atoms with Gasteiger partial charge >= 0.3 is 0 Å². The lowest BCUT2D eigenvalue weighted by molar-refractivity contribution is 1.14. The first-order valence-corrected chi connectivity index (χ1v) is 5.04. The van der Waals surface area contributed by atoms with Gasteiger partial charge in [-0.1, -0.05) is 35.8 Å². The maximum Gasteiger partial charge on any atom is 0.146 e. The summed E-state index contributed by atoms with van der Waals surface area (Å²) in [4.78, 5) is 3.98. The van der Waals surface area contributed by atoms with E-state index in [0.717, 1.165) is 5.69 Å². The molecular weight excluding hydrogens is 197 g/mol. The van der Waals surface area contributed by atoms with Crippen molar-refractivity contribution in [1.82, 2.24) is 4.98 Å². The lowest BCUT2D eigenvalue weighted by Gasteiger charge is -2.09. The number of nitrogens with two attached hydrogens (primary N) is 1. The lowest BCUT2D eigenvalue weighted by Crippen LogP contribution is -2.10. The van der Waals surface area contributed by atoms with Crippen LogP contribution in [0.1, 0.15) is 5.56 Å². The van der Waals surface area contributed by atoms with Crippen LogP contribution in [0.3, 0.4) is 0 Å². The average molecular weight is 209 g/mol. The number of aromatic nitrogens is 1. The minimum atomic E-state index is 0.463. The Bertz CT molecular complexity index is 471. The smallest absolute Gasteiger partial charge is 0.146 e. The second kappa shape index (κ2) is 4.70. The van der Waals surface area contributed by atoms with Gasteiger partial charge < -0.3 is 11.1 Å². The normalized spacial score (nSPS) is 10.0. The van der Waals surface area contributed by atoms with Crippen molar-refractivity contribution >= 4 is 24.8 Å². The molecule has 2 aromatic rings. The average Bonchev–Trinajstić information content (AvgIpc) is 2.32. The standard InChI is InChI=1S/C12H12BN3/c13-10-6-11(12(14)16-8-10)15-7-9-4-2-1-3-5-9/h1-6,8,15H,7H2,(H2,14,16). The van der Waals surface area contributed by atoms with E-state index in [9.17, 15) is 0 Å². The van der Waals surface area contributed by atoms with E-state index in [4.69, 9.17) is 13.6 Å². The Morgan fingerprint density at radius 1 is 1.25 bits per heavy atom. The summed E-state index contributed by atoms with van der Waals surface area (Å²) >= 11 is 0. The summed E-state index contributed by atoms with van der Waals surface area (Å²) in [6, 6.07) is 11.9. The number of benzene rings is 1. The van der Waals surface area contributed by atoms with Crippen LogP contribution in [0, 0.1) is 0 Å². The highest BCUT2D eigenvalue weighted by Gasteiger charge is 1.99. The van der Waals surface area contributed by atoms with E-state index >= 15 is 0 Å². The lowest BCUT2D eigenvalue weighted by atomic mass is 9.98. The molecule has 78 valence electrons. The Morgan fingerprint density at radius 3 is 2.75 bits per heavy atom. The molecule has 2 radical (unpaired) electrons. The maximum absolute atomic E-state index is 5.72. The summed E-state index contributed by atoms with van der Waals surface area (Å²) < 4.78 is 0. The molecule has 0 atom stereocenters. The number of nitrogen functional groups attached to an aromatic ring is 1. The summed E-state index contributed by atoms with van der Waals surface area (Å²) in [7, 11) is 5.64. The molecule has 1 heterocycles. The van der Waals surface area contributed by atoms with Gasteiger partial charge in [0.2, 0.25) is 0 Å². The van der Waals surface area contributed by atoms with Gasteiger partial charge in [-0.2, -0.15) is 0 Å². The quantitative estimate of drug-likeness (QED) is 0.743. The van der Waals surface area contributed by atoms with Gasteiger partial charge in [0, 0.05) is 12.7 Å². The van der Waals surface area contributed by atoms with Crippen LogP contribution >= 0.6 is 0 Å². The monoisotopic (exact) mass is 209 g/mol. The SMILES string of the molecule is [B]c1cnc(N)c(NCc2ccccc2)c1. The summed E-state index contributed by atoms with van der Waals surface area (Å²) in [5.74, 6) is 0.463. The fourth-order valence-electron chi connectivity index (χ4n) is 1.43. The zero-order valence-electron chi connectivity index (χ0n) is 8.85. The van der Waals surface area contributed by atoms with Gasteiger partial charge in [-0.15, -0.1) is 0 Å². The minimum Gasteiger partial charge on any atom is -0.382 e. The number of pyridine rings is 1. The van der Waals surface area contributed by atoms with Crippen LogP contribution in [0.4, 0.5) is 11.5 Å². The van der Waals surface area contributed by atoms with Crippen LogP contribution in [0.25, 0.3) is 0 Å². The molecule has 2 rings (SSSR count). The zero-order valence-corrected chi connectivity index (χ0v) is 8.85. The highest BCUT2D eigenvalue weighted by atomic mass is 14.9. The predicted octanol–water partition coefficient (Wildman–Crippen LogP) is 1.07. The molecule has 0 amide bonds. The number of nitrogens with zero attached hydrogens (tertiary/aromatic N) is 1. The van der Waals surface area contributed by atoms with Crippen LogP contribution in [-0.2, 0) is 6.54 Å². The Labute approximate surface area is 96.1 Å². The Morgan fingerprint density at radius 2 is 2.00 bits per heavy atom. The van der Waals surface area contributed by atoms with Crippen LogP contribution in [0.15, 0.2) is 42.6 Å². The van der Waals surface area contributed by atoms with Crippen LogP contribution < -0.4 is 16.5 Å². The highest BCUT2D eigenvalue weighted by Crippen LogP contribution is 2.13. The molecule has 0 aliphatic heterocycles. The molecule has 1 aromatic heterocycles. The number of anilines is 2. The van der Waals surface area contributed by atoms with Gasteiger partial charge in [0.15, 0.2) is 0 Å². The second-order valence-corrected chi connectivity index (χ2v) is 3.54. The van der Waals surface area contributed by atoms with E-state index < -0.39 is 0 Å². The fourth-order valence-corrected chi connectivity index (χ4v) is 1.43. The van der Waals surface area contributed by atoms with E-state index in [1.165, 1.54) is 5.56 Å². The third-order valence-corrected chi connectivity index (χ3v) is 2.27. The molecule has 0 aliphatic carbocycles. The van der Waals surface area contributed by atoms with E-state index in [1.54, 1.807) is 12.3 Å². The van der Waals surface area contributed by atoms with Gasteiger partial charge in [-0.25, -0.2) is 4.98 Å². The molecule has 0 fully saturated rings. The number of rotatable bonds is 3. The van der Waals surface area contributed by atoms with E-state index in [-0.39, 0.29) is 0 Å². The molecule has 4 heteroatoms. The molecule has 3 nitrogen and oxygen atoms in total. The fraction of sp³-hybridized carbons (Fsp3) is 0.0833. The molecule has 3 N–H and O–H groups in total. The predicted molar refractivity (Wildman–Crippen MR) is 67.8 cm³/mol. The number of hydrogen-bond donors (Lipinski definition) is 2. The molecular formula is C12H12BN3. The van der Waals surface area contributed by atoms with Crippen LogP contribution in [0.2, 0.25) is 0 Å². The molecule has 0 bridgehead atoms. The van der Waals surface area contributed by atoms with Crippen molar-refractivity contribution in [1.29, 1.82) is 0 Å². The number of hydrogen-bond acceptors (Lipinski definition) is 3. The van der Waals surface area contributed by atoms with Gasteiger partial charge in [-0.3, -0.25) is 0 Å². The van der Waals surface area contributed by atoms with Gasteiger partial charge in [0.05, 0.1) is 5.69 Å². The van der Waals surface area contributed by atoms with Crippen molar-refractivity contribution in [2.45, 2.75) is 6.54 Å². The first-order valence-electron chi connectivity index (χ1n) is 5.04. The molecule has 16 heavy (non-hydrogen) atoms. The van der Waals surface area contributed by atoms with Crippen LogP contribution in [0.5, 0.6) is 0 Å². The van der Waals surface area contributed by atoms with Crippen molar-refractivity contribution in [2.75, 3.05) is 11.1 Å². The van der Waals surface area contributed by atoms with E-state index in [1.807, 2.05) is 30.3 Å². The summed E-state index contributed by atoms with van der Waals surface area (Å²) in [5, 5.41) is 3.20. The maximum atomic E-state index is 5.72. The Hall–Kier alpha value is -1.97. The van der Waals surface area contributed by atoms with Crippen molar-refractivity contribution in [3.05, 3.63) is 48.2 Å². The number of nitrogens with one attached hydrogen (secondary N) is 1. The third-order valence-electron chi connectivity index (χ3n) is 2.27. The van der Waals surface area contributed by atoms with Crippen molar-refractivity contribution in [3.8, 4) is 0 Å². The van der Waals surface area contributed by atoms with Crippen LogP contribution in [-0.4, -0.2) is 12.8 Å². The first-order chi connectivity index (χ1) is 7.75. The van der Waals surface area contributed by atoms with Crippen molar-refractivity contribution < 1.29 is 0 Å². The largest absolute Gasteiger partial charge is 0.382 e. The summed E-state index contributed by atoms with van der Waals surface area (Å²) in [6.45, 7) is 0.705. The van der Waals surface area contributed by atoms with Gasteiger partial charge in [0.25, 0.3) is 0 Å². The summed E-state index contributed by atoms with van der Waals surface area (Å²) in [5.41, 5.74) is 8.28. The highest BCUT2D eigenvalue weighted by molar-refractivity contribution is 6.32. The molecule has 0 aliphatic rings. The van der Waals surface area contributed by atoms with Gasteiger partial charge in [0.1, 0.15) is 13.7 Å². The molecule has 0 unspecified atom stereocenters. The summed E-state index contributed by atoms with van der Waals surface area (Å²) in [6.07, 6.45) is 1.54. The van der Waals surface area contributed by atoms with Crippen molar-refractivity contribution in [3.63, 3.8) is 0 Å². The minimum absolute atomic E-state index is 0.463. The van der Waals surface area contributed by atoms with Gasteiger partial charge in [-0.05, 0) is 11.6 Å². The Kier molecular flexibility index (Phi) is 3.10. The molecule has 1 aromatic carbocycles. The molecule has 0 spiro atoms.